The van der Waals surface area contributed by atoms with E-state index in [4.69, 9.17) is 0 Å². The van der Waals surface area contributed by atoms with Crippen molar-refractivity contribution in [1.82, 2.24) is 0 Å². The molecule has 7 nitrogen and oxygen atoms in total. The Labute approximate surface area is 141 Å². The number of rotatable bonds is 2. The van der Waals surface area contributed by atoms with Crippen molar-refractivity contribution < 1.29 is 35.1 Å². The molecule has 0 radical (unpaired) electrons. The lowest BCUT2D eigenvalue weighted by Crippen LogP contribution is -2.37. The molecule has 0 aromatic heterocycles. The van der Waals surface area contributed by atoms with Gasteiger partial charge in [-0.05, 0) is 31.2 Å². The number of phenolic OH excluding ortho intramolecular Hbond substituents is 4. The van der Waals surface area contributed by atoms with Gasteiger partial charge in [-0.15, -0.1) is 0 Å². The van der Waals surface area contributed by atoms with Gasteiger partial charge in [-0.25, -0.2) is 0 Å². The number of fused-ring (bicyclic) bond motifs is 1. The third kappa shape index (κ3) is 2.70. The van der Waals surface area contributed by atoms with Gasteiger partial charge in [0.05, 0.1) is 0 Å². The number of aliphatic hydroxyl groups is 1. The fourth-order valence-electron chi connectivity index (χ4n) is 2.83. The average Bonchev–Trinajstić information content (AvgIpc) is 2.49. The number of benzene rings is 2. The zero-order valence-electron chi connectivity index (χ0n) is 13.0. The summed E-state index contributed by atoms with van der Waals surface area (Å²) in [5.41, 5.74) is -2.67. The van der Waals surface area contributed by atoms with Gasteiger partial charge >= 0.3 is 0 Å². The van der Waals surface area contributed by atoms with E-state index >= 15 is 0 Å². The Bertz CT molecular complexity index is 934. The van der Waals surface area contributed by atoms with Gasteiger partial charge in [-0.1, -0.05) is 0 Å². The summed E-state index contributed by atoms with van der Waals surface area (Å²) in [4.78, 5) is 25.2. The highest BCUT2D eigenvalue weighted by Crippen LogP contribution is 2.41. The fraction of sp³-hybridized carbons (Fsp3) is 0.111. The van der Waals surface area contributed by atoms with Gasteiger partial charge in [0.1, 0.15) is 28.6 Å². The second-order valence-corrected chi connectivity index (χ2v) is 5.99. The molecule has 1 atom stereocenters. The Morgan fingerprint density at radius 3 is 2.08 bits per heavy atom. The Morgan fingerprint density at radius 1 is 0.920 bits per heavy atom. The molecule has 1 unspecified atom stereocenters. The number of phenols is 4. The Hall–Kier alpha value is -3.32. The molecule has 0 saturated carbocycles. The minimum absolute atomic E-state index is 0.104. The highest BCUT2D eigenvalue weighted by atomic mass is 16.3. The van der Waals surface area contributed by atoms with E-state index in [2.05, 4.69) is 0 Å². The van der Waals surface area contributed by atoms with Crippen LogP contribution in [0.5, 0.6) is 23.0 Å². The molecule has 7 heteroatoms. The second kappa shape index (κ2) is 5.35. The number of carbonyl (C=O) groups is 2. The van der Waals surface area contributed by atoms with Gasteiger partial charge in [0.2, 0.25) is 0 Å². The molecule has 1 aliphatic rings. The Kier molecular flexibility index (Phi) is 3.54. The summed E-state index contributed by atoms with van der Waals surface area (Å²) >= 11 is 0. The SMILES string of the molecule is CC1(O)C=C(C(=O)c2cc(O)cc(O)c2)c2c(O)cc(O)cc2C1=O. The first kappa shape index (κ1) is 16.5. The predicted octanol–water partition coefficient (Wildman–Crippen LogP) is 1.72. The fourth-order valence-corrected chi connectivity index (χ4v) is 2.83. The summed E-state index contributed by atoms with van der Waals surface area (Å²) in [5.74, 6) is -3.13. The van der Waals surface area contributed by atoms with Crippen LogP contribution in [-0.2, 0) is 0 Å². The number of allylic oxidation sites excluding steroid dienone is 1. The number of ketones is 2. The van der Waals surface area contributed by atoms with Crippen LogP contribution in [0.4, 0.5) is 0 Å². The monoisotopic (exact) mass is 342 g/mol. The molecule has 0 fully saturated rings. The van der Waals surface area contributed by atoms with Gasteiger partial charge in [0, 0.05) is 34.4 Å². The van der Waals surface area contributed by atoms with Crippen molar-refractivity contribution in [2.75, 3.05) is 0 Å². The quantitative estimate of drug-likeness (QED) is 0.524. The molecule has 0 bridgehead atoms. The van der Waals surface area contributed by atoms with Crippen molar-refractivity contribution in [3.8, 4) is 23.0 Å². The highest BCUT2D eigenvalue weighted by molar-refractivity contribution is 6.33. The summed E-state index contributed by atoms with van der Waals surface area (Å²) in [5, 5.41) is 49.1. The molecule has 0 amide bonds. The van der Waals surface area contributed by atoms with Crippen LogP contribution in [0.3, 0.4) is 0 Å². The van der Waals surface area contributed by atoms with Gasteiger partial charge < -0.3 is 25.5 Å². The first-order valence-electron chi connectivity index (χ1n) is 7.24. The van der Waals surface area contributed by atoms with Crippen molar-refractivity contribution in [3.63, 3.8) is 0 Å². The standard InChI is InChI=1S/C18H14O7/c1-18(25)7-13(16(23)8-2-9(19)4-10(20)3-8)15-12(17(18)24)5-11(21)6-14(15)22/h2-7,19-22,25H,1H3. The number of Topliss-reactive ketones (excluding diaryl/α,β-unsaturated/α-hetero) is 2. The third-order valence-electron chi connectivity index (χ3n) is 3.91. The van der Waals surface area contributed by atoms with Crippen molar-refractivity contribution in [1.29, 1.82) is 0 Å². The van der Waals surface area contributed by atoms with Crippen LogP contribution in [0, 0.1) is 0 Å². The molecule has 1 aliphatic carbocycles. The van der Waals surface area contributed by atoms with Crippen molar-refractivity contribution in [2.24, 2.45) is 0 Å². The molecule has 5 N–H and O–H groups in total. The molecule has 0 aliphatic heterocycles. The first-order chi connectivity index (χ1) is 11.6. The number of aromatic hydroxyl groups is 4. The van der Waals surface area contributed by atoms with Crippen LogP contribution < -0.4 is 0 Å². The van der Waals surface area contributed by atoms with E-state index in [-0.39, 0.29) is 33.8 Å². The van der Waals surface area contributed by atoms with Gasteiger partial charge in [-0.3, -0.25) is 9.59 Å². The number of hydrogen-bond acceptors (Lipinski definition) is 7. The minimum atomic E-state index is -2.03. The Balaban J connectivity index is 2.25. The zero-order valence-corrected chi connectivity index (χ0v) is 13.0. The van der Waals surface area contributed by atoms with Crippen LogP contribution in [0.2, 0.25) is 0 Å². The topological polar surface area (TPSA) is 135 Å². The summed E-state index contributed by atoms with van der Waals surface area (Å²) in [6.07, 6.45) is 0.998. The van der Waals surface area contributed by atoms with Gasteiger partial charge in [0.25, 0.3) is 0 Å². The average molecular weight is 342 g/mol. The first-order valence-corrected chi connectivity index (χ1v) is 7.24. The lowest BCUT2D eigenvalue weighted by Gasteiger charge is -2.27. The molecule has 25 heavy (non-hydrogen) atoms. The summed E-state index contributed by atoms with van der Waals surface area (Å²) < 4.78 is 0. The molecular weight excluding hydrogens is 328 g/mol. The number of carbonyl (C=O) groups excluding carboxylic acids is 2. The van der Waals surface area contributed by atoms with Gasteiger partial charge in [0.15, 0.2) is 11.6 Å². The van der Waals surface area contributed by atoms with E-state index in [9.17, 15) is 35.1 Å². The Morgan fingerprint density at radius 2 is 1.48 bits per heavy atom. The van der Waals surface area contributed by atoms with Crippen molar-refractivity contribution >= 4 is 17.1 Å². The van der Waals surface area contributed by atoms with E-state index < -0.39 is 28.7 Å². The highest BCUT2D eigenvalue weighted by Gasteiger charge is 2.39. The maximum atomic E-state index is 12.8. The maximum absolute atomic E-state index is 12.8. The summed E-state index contributed by atoms with van der Waals surface area (Å²) in [6.45, 7) is 1.17. The smallest absolute Gasteiger partial charge is 0.198 e. The van der Waals surface area contributed by atoms with Gasteiger partial charge in [-0.2, -0.15) is 0 Å². The van der Waals surface area contributed by atoms with E-state index in [0.717, 1.165) is 36.4 Å². The normalized spacial score (nSPS) is 19.3. The minimum Gasteiger partial charge on any atom is -0.508 e. The lowest BCUT2D eigenvalue weighted by molar-refractivity contribution is 0.0585. The van der Waals surface area contributed by atoms with Crippen LogP contribution >= 0.6 is 0 Å². The molecular formula is C18H14O7. The zero-order chi connectivity index (χ0) is 18.5. The molecule has 2 aromatic carbocycles. The third-order valence-corrected chi connectivity index (χ3v) is 3.91. The molecule has 128 valence electrons. The van der Waals surface area contributed by atoms with Crippen LogP contribution in [0.25, 0.3) is 5.57 Å². The molecule has 0 spiro atoms. The number of hydrogen-bond donors (Lipinski definition) is 5. The molecule has 0 saturated heterocycles. The van der Waals surface area contributed by atoms with E-state index in [1.807, 2.05) is 0 Å². The van der Waals surface area contributed by atoms with Crippen LogP contribution in [0.1, 0.15) is 33.2 Å². The summed E-state index contributed by atoms with van der Waals surface area (Å²) in [6, 6.07) is 5.25. The molecule has 0 heterocycles. The predicted molar refractivity (Wildman–Crippen MR) is 86.8 cm³/mol. The van der Waals surface area contributed by atoms with Crippen LogP contribution in [-0.4, -0.2) is 42.7 Å². The molecule has 3 rings (SSSR count). The van der Waals surface area contributed by atoms with Crippen LogP contribution in [0.15, 0.2) is 36.4 Å². The van der Waals surface area contributed by atoms with E-state index in [1.165, 1.54) is 6.92 Å². The van der Waals surface area contributed by atoms with Crippen molar-refractivity contribution in [2.45, 2.75) is 12.5 Å². The lowest BCUT2D eigenvalue weighted by atomic mass is 9.78. The van der Waals surface area contributed by atoms with E-state index in [1.54, 1.807) is 0 Å². The van der Waals surface area contributed by atoms with Crippen molar-refractivity contribution in [3.05, 3.63) is 53.1 Å². The maximum Gasteiger partial charge on any atom is 0.198 e. The molecule has 2 aromatic rings. The summed E-state index contributed by atoms with van der Waals surface area (Å²) in [7, 11) is 0. The largest absolute Gasteiger partial charge is 0.508 e. The second-order valence-electron chi connectivity index (χ2n) is 5.99. The van der Waals surface area contributed by atoms with E-state index in [0.29, 0.717) is 0 Å².